The number of fused-ring (bicyclic) bond motifs is 1. The number of halogens is 1. The number of nitrogens with one attached hydrogen (secondary N) is 1. The van der Waals surface area contributed by atoms with Crippen molar-refractivity contribution in [2.45, 2.75) is 20.3 Å². The van der Waals surface area contributed by atoms with E-state index < -0.39 is 0 Å². The van der Waals surface area contributed by atoms with E-state index in [0.717, 1.165) is 29.8 Å². The highest BCUT2D eigenvalue weighted by Gasteiger charge is 2.32. The molecule has 0 aliphatic heterocycles. The molecular weight excluding hydrogens is 238 g/mol. The van der Waals surface area contributed by atoms with Gasteiger partial charge in [0.1, 0.15) is 17.3 Å². The topological polar surface area (TPSA) is 55.1 Å². The Hall–Kier alpha value is -1.36. The molecule has 1 saturated carbocycles. The lowest BCUT2D eigenvalue weighted by atomic mass is 10.3. The third kappa shape index (κ3) is 1.84. The van der Waals surface area contributed by atoms with Gasteiger partial charge in [0.25, 0.3) is 5.78 Å². The fourth-order valence-corrected chi connectivity index (χ4v) is 2.18. The van der Waals surface area contributed by atoms with Crippen LogP contribution in [0.2, 0.25) is 5.15 Å². The van der Waals surface area contributed by atoms with E-state index in [1.54, 1.807) is 4.52 Å². The largest absolute Gasteiger partial charge is 0.369 e. The van der Waals surface area contributed by atoms with Crippen molar-refractivity contribution in [2.75, 3.05) is 11.9 Å². The predicted octanol–water partition coefficient (Wildman–Crippen LogP) is 2.15. The zero-order chi connectivity index (χ0) is 12.0. The van der Waals surface area contributed by atoms with Crippen molar-refractivity contribution < 1.29 is 0 Å². The Morgan fingerprint density at radius 2 is 2.35 bits per heavy atom. The van der Waals surface area contributed by atoms with Gasteiger partial charge in [-0.05, 0) is 25.2 Å². The van der Waals surface area contributed by atoms with E-state index in [1.807, 2.05) is 6.92 Å². The van der Waals surface area contributed by atoms with E-state index in [4.69, 9.17) is 11.6 Å². The summed E-state index contributed by atoms with van der Waals surface area (Å²) in [5.41, 5.74) is 0.915. The Balaban J connectivity index is 1.94. The highest BCUT2D eigenvalue weighted by molar-refractivity contribution is 6.30. The maximum atomic E-state index is 6.08. The number of hydrogen-bond acceptors (Lipinski definition) is 4. The molecule has 1 aliphatic carbocycles. The summed E-state index contributed by atoms with van der Waals surface area (Å²) >= 11 is 6.08. The monoisotopic (exact) mass is 251 g/mol. The fraction of sp³-hybridized carbons (Fsp3) is 0.545. The van der Waals surface area contributed by atoms with Crippen LogP contribution in [0, 0.1) is 18.8 Å². The van der Waals surface area contributed by atoms with Gasteiger partial charge in [-0.1, -0.05) is 18.5 Å². The molecular formula is C11H14ClN5. The quantitative estimate of drug-likeness (QED) is 0.850. The number of anilines is 1. The molecule has 2 unspecified atom stereocenters. The Morgan fingerprint density at radius 3 is 3.06 bits per heavy atom. The minimum absolute atomic E-state index is 0.483. The summed E-state index contributed by atoms with van der Waals surface area (Å²) in [5.74, 6) is 3.02. The van der Waals surface area contributed by atoms with Crippen LogP contribution >= 0.6 is 11.6 Å². The van der Waals surface area contributed by atoms with Crippen molar-refractivity contribution >= 4 is 23.2 Å². The van der Waals surface area contributed by atoms with Crippen LogP contribution in [0.25, 0.3) is 5.78 Å². The molecule has 0 saturated heterocycles. The lowest BCUT2D eigenvalue weighted by Gasteiger charge is -2.11. The van der Waals surface area contributed by atoms with E-state index in [-0.39, 0.29) is 0 Å². The highest BCUT2D eigenvalue weighted by atomic mass is 35.5. The van der Waals surface area contributed by atoms with E-state index >= 15 is 0 Å². The maximum Gasteiger partial charge on any atom is 0.255 e. The molecule has 0 aromatic carbocycles. The van der Waals surface area contributed by atoms with Gasteiger partial charge in [-0.25, -0.2) is 0 Å². The Bertz CT molecular complexity index is 564. The molecule has 1 fully saturated rings. The average molecular weight is 252 g/mol. The van der Waals surface area contributed by atoms with Crippen LogP contribution in [0.4, 0.5) is 5.82 Å². The average Bonchev–Trinajstić information content (AvgIpc) is 2.80. The van der Waals surface area contributed by atoms with Crippen LogP contribution in [0.5, 0.6) is 0 Å². The van der Waals surface area contributed by atoms with E-state index in [1.165, 1.54) is 12.7 Å². The first-order chi connectivity index (χ1) is 8.16. The first kappa shape index (κ1) is 10.8. The molecule has 2 atom stereocenters. The van der Waals surface area contributed by atoms with Gasteiger partial charge >= 0.3 is 0 Å². The van der Waals surface area contributed by atoms with E-state index in [2.05, 4.69) is 27.3 Å². The zero-order valence-corrected chi connectivity index (χ0v) is 10.6. The van der Waals surface area contributed by atoms with Gasteiger partial charge in [-0.2, -0.15) is 19.6 Å². The normalized spacial score (nSPS) is 23.0. The standard InChI is InChI=1S/C11H14ClN5/c1-6-3-8(6)4-13-10-7(2)9(12)16-11-14-5-15-17(10)11/h5-6,8,13H,3-4H2,1-2H3. The van der Waals surface area contributed by atoms with Gasteiger partial charge in [0, 0.05) is 12.1 Å². The SMILES string of the molecule is Cc1c(Cl)nc2ncnn2c1NCC1CC1C. The van der Waals surface area contributed by atoms with Gasteiger partial charge in [0.05, 0.1) is 0 Å². The minimum atomic E-state index is 0.483. The Kier molecular flexibility index (Phi) is 2.43. The number of hydrogen-bond donors (Lipinski definition) is 1. The zero-order valence-electron chi connectivity index (χ0n) is 9.81. The predicted molar refractivity (Wildman–Crippen MR) is 66.3 cm³/mol. The second-order valence-corrected chi connectivity index (χ2v) is 5.06. The summed E-state index contributed by atoms with van der Waals surface area (Å²) < 4.78 is 1.70. The van der Waals surface area contributed by atoms with Crippen LogP contribution in [-0.4, -0.2) is 26.1 Å². The Morgan fingerprint density at radius 1 is 1.59 bits per heavy atom. The van der Waals surface area contributed by atoms with Gasteiger partial charge in [0.2, 0.25) is 0 Å². The van der Waals surface area contributed by atoms with Crippen molar-refractivity contribution in [1.29, 1.82) is 0 Å². The van der Waals surface area contributed by atoms with Crippen molar-refractivity contribution in [1.82, 2.24) is 19.6 Å². The number of rotatable bonds is 3. The highest BCUT2D eigenvalue weighted by Crippen LogP contribution is 2.37. The van der Waals surface area contributed by atoms with Gasteiger partial charge in [-0.15, -0.1) is 0 Å². The van der Waals surface area contributed by atoms with Crippen LogP contribution < -0.4 is 5.32 Å². The molecule has 90 valence electrons. The summed E-state index contributed by atoms with van der Waals surface area (Å²) in [6.45, 7) is 5.16. The summed E-state index contributed by atoms with van der Waals surface area (Å²) in [7, 11) is 0. The lowest BCUT2D eigenvalue weighted by Crippen LogP contribution is -2.11. The number of nitrogens with zero attached hydrogens (tertiary/aromatic N) is 4. The maximum absolute atomic E-state index is 6.08. The van der Waals surface area contributed by atoms with Gasteiger partial charge in [-0.3, -0.25) is 0 Å². The lowest BCUT2D eigenvalue weighted by molar-refractivity contribution is 0.776. The second-order valence-electron chi connectivity index (χ2n) is 4.70. The molecule has 5 nitrogen and oxygen atoms in total. The van der Waals surface area contributed by atoms with E-state index in [9.17, 15) is 0 Å². The summed E-state index contributed by atoms with van der Waals surface area (Å²) in [4.78, 5) is 8.22. The number of aromatic nitrogens is 4. The molecule has 0 bridgehead atoms. The first-order valence-electron chi connectivity index (χ1n) is 5.76. The molecule has 1 aliphatic rings. The summed E-state index contributed by atoms with van der Waals surface area (Å²) in [6, 6.07) is 0. The third-order valence-electron chi connectivity index (χ3n) is 3.41. The van der Waals surface area contributed by atoms with Gasteiger partial charge < -0.3 is 5.32 Å². The third-order valence-corrected chi connectivity index (χ3v) is 3.78. The van der Waals surface area contributed by atoms with Crippen molar-refractivity contribution in [2.24, 2.45) is 11.8 Å². The Labute approximate surface area is 104 Å². The summed E-state index contributed by atoms with van der Waals surface area (Å²) in [6.07, 6.45) is 2.79. The minimum Gasteiger partial charge on any atom is -0.369 e. The van der Waals surface area contributed by atoms with Crippen LogP contribution in [0.3, 0.4) is 0 Å². The van der Waals surface area contributed by atoms with Crippen molar-refractivity contribution in [3.05, 3.63) is 17.0 Å². The summed E-state index contributed by atoms with van der Waals surface area (Å²) in [5, 5.41) is 8.05. The van der Waals surface area contributed by atoms with Crippen LogP contribution in [0.1, 0.15) is 18.9 Å². The van der Waals surface area contributed by atoms with E-state index in [0.29, 0.717) is 10.9 Å². The molecule has 2 aromatic rings. The second kappa shape index (κ2) is 3.84. The first-order valence-corrected chi connectivity index (χ1v) is 6.14. The molecule has 3 rings (SSSR count). The van der Waals surface area contributed by atoms with Crippen LogP contribution in [0.15, 0.2) is 6.33 Å². The van der Waals surface area contributed by atoms with Crippen LogP contribution in [-0.2, 0) is 0 Å². The molecule has 6 heteroatoms. The van der Waals surface area contributed by atoms with Crippen molar-refractivity contribution in [3.63, 3.8) is 0 Å². The molecule has 17 heavy (non-hydrogen) atoms. The van der Waals surface area contributed by atoms with Crippen molar-refractivity contribution in [3.8, 4) is 0 Å². The van der Waals surface area contributed by atoms with Gasteiger partial charge in [0.15, 0.2) is 0 Å². The molecule has 0 amide bonds. The fourth-order valence-electron chi connectivity index (χ4n) is 2.02. The molecule has 2 aromatic heterocycles. The molecule has 2 heterocycles. The molecule has 0 spiro atoms. The molecule has 0 radical (unpaired) electrons. The molecule has 1 N–H and O–H groups in total. The smallest absolute Gasteiger partial charge is 0.255 e.